The Kier molecular flexibility index (Phi) is 6.43. The van der Waals surface area contributed by atoms with Crippen LogP contribution in [0.1, 0.15) is 43.5 Å². The lowest BCUT2D eigenvalue weighted by Gasteiger charge is -2.31. The quantitative estimate of drug-likeness (QED) is 0.811. The van der Waals surface area contributed by atoms with Gasteiger partial charge in [-0.1, -0.05) is 25.4 Å². The first-order chi connectivity index (χ1) is 9.48. The molecular weight excluding hydrogens is 281 g/mol. The molecule has 2 N–H and O–H groups in total. The minimum Gasteiger partial charge on any atom is -0.396 e. The van der Waals surface area contributed by atoms with E-state index in [0.717, 1.165) is 18.9 Å². The molecule has 20 heavy (non-hydrogen) atoms. The van der Waals surface area contributed by atoms with E-state index in [1.165, 1.54) is 12.1 Å². The number of nitrogens with one attached hydrogen (secondary N) is 1. The van der Waals surface area contributed by atoms with Gasteiger partial charge >= 0.3 is 0 Å². The van der Waals surface area contributed by atoms with E-state index in [0.29, 0.717) is 13.0 Å². The average molecular weight is 302 g/mol. The number of carbonyl (C=O) groups is 1. The van der Waals surface area contributed by atoms with Crippen molar-refractivity contribution in [2.75, 3.05) is 13.2 Å². The molecule has 0 spiro atoms. The van der Waals surface area contributed by atoms with E-state index in [1.807, 2.05) is 13.8 Å². The molecule has 1 aromatic rings. The Morgan fingerprint density at radius 2 is 2.05 bits per heavy atom. The highest BCUT2D eigenvalue weighted by molar-refractivity contribution is 6.30. The van der Waals surface area contributed by atoms with Gasteiger partial charge in [0, 0.05) is 18.7 Å². The highest BCUT2D eigenvalue weighted by atomic mass is 35.5. The smallest absolute Gasteiger partial charge is 0.251 e. The maximum absolute atomic E-state index is 13.3. The molecule has 0 heterocycles. The minimum atomic E-state index is -0.605. The molecule has 1 rings (SSSR count). The number of benzene rings is 1. The van der Waals surface area contributed by atoms with Crippen molar-refractivity contribution in [1.29, 1.82) is 0 Å². The van der Waals surface area contributed by atoms with Gasteiger partial charge in [0.15, 0.2) is 0 Å². The number of carbonyl (C=O) groups excluding carboxylic acids is 1. The van der Waals surface area contributed by atoms with Crippen LogP contribution in [-0.4, -0.2) is 24.2 Å². The summed E-state index contributed by atoms with van der Waals surface area (Å²) in [6.07, 6.45) is 2.36. The Morgan fingerprint density at radius 3 is 2.55 bits per heavy atom. The lowest BCUT2D eigenvalue weighted by molar-refractivity contribution is 0.0907. The van der Waals surface area contributed by atoms with Crippen LogP contribution < -0.4 is 5.32 Å². The zero-order valence-corrected chi connectivity index (χ0v) is 12.6. The van der Waals surface area contributed by atoms with E-state index < -0.39 is 5.82 Å². The van der Waals surface area contributed by atoms with Crippen molar-refractivity contribution in [1.82, 2.24) is 5.32 Å². The summed E-state index contributed by atoms with van der Waals surface area (Å²) in [7, 11) is 0. The van der Waals surface area contributed by atoms with Crippen LogP contribution in [0.25, 0.3) is 0 Å². The predicted octanol–water partition coefficient (Wildman–Crippen LogP) is 3.40. The average Bonchev–Trinajstić information content (AvgIpc) is 2.46. The van der Waals surface area contributed by atoms with Crippen molar-refractivity contribution in [3.8, 4) is 0 Å². The summed E-state index contributed by atoms with van der Waals surface area (Å²) >= 11 is 5.59. The fourth-order valence-corrected chi connectivity index (χ4v) is 2.30. The largest absolute Gasteiger partial charge is 0.396 e. The first-order valence-corrected chi connectivity index (χ1v) is 7.20. The summed E-state index contributed by atoms with van der Waals surface area (Å²) in [6, 6.07) is 3.99. The number of rotatable bonds is 7. The van der Waals surface area contributed by atoms with Crippen molar-refractivity contribution < 1.29 is 14.3 Å². The van der Waals surface area contributed by atoms with Gasteiger partial charge in [0.05, 0.1) is 5.02 Å². The van der Waals surface area contributed by atoms with Crippen molar-refractivity contribution in [3.05, 3.63) is 34.6 Å². The van der Waals surface area contributed by atoms with Crippen LogP contribution in [-0.2, 0) is 0 Å². The Balaban J connectivity index is 2.72. The first kappa shape index (κ1) is 16.9. The van der Waals surface area contributed by atoms with Crippen molar-refractivity contribution in [2.24, 2.45) is 5.41 Å². The molecule has 0 bridgehead atoms. The van der Waals surface area contributed by atoms with Crippen LogP contribution in [0.2, 0.25) is 5.02 Å². The van der Waals surface area contributed by atoms with E-state index in [-0.39, 0.29) is 28.5 Å². The molecule has 1 amide bonds. The molecule has 0 unspecified atom stereocenters. The number of amides is 1. The third-order valence-corrected chi connectivity index (χ3v) is 4.25. The standard InChI is InChI=1S/C15H21ClFNO2/c1-3-15(4-2,7-8-19)10-18-14(20)11-5-6-12(16)13(17)9-11/h5-6,9,19H,3-4,7-8,10H2,1-2H3,(H,18,20). The van der Waals surface area contributed by atoms with Gasteiger partial charge in [-0.05, 0) is 42.9 Å². The zero-order valence-electron chi connectivity index (χ0n) is 11.9. The van der Waals surface area contributed by atoms with E-state index >= 15 is 0 Å². The Morgan fingerprint density at radius 1 is 1.40 bits per heavy atom. The van der Waals surface area contributed by atoms with Gasteiger partial charge < -0.3 is 10.4 Å². The van der Waals surface area contributed by atoms with Gasteiger partial charge in [-0.25, -0.2) is 4.39 Å². The SMILES string of the molecule is CCC(CC)(CCO)CNC(=O)c1ccc(Cl)c(F)c1. The Bertz CT molecular complexity index is 461. The molecule has 1 aromatic carbocycles. The summed E-state index contributed by atoms with van der Waals surface area (Å²) in [5.41, 5.74) is 0.132. The van der Waals surface area contributed by atoms with Gasteiger partial charge in [-0.15, -0.1) is 0 Å². The zero-order chi connectivity index (χ0) is 15.2. The summed E-state index contributed by atoms with van der Waals surface area (Å²) in [6.45, 7) is 4.62. The summed E-state index contributed by atoms with van der Waals surface area (Å²) in [5.74, 6) is -0.934. The van der Waals surface area contributed by atoms with Crippen LogP contribution in [0, 0.1) is 11.2 Å². The molecule has 0 aromatic heterocycles. The van der Waals surface area contributed by atoms with Crippen LogP contribution >= 0.6 is 11.6 Å². The molecule has 5 heteroatoms. The van der Waals surface area contributed by atoms with E-state index in [4.69, 9.17) is 16.7 Å². The number of aliphatic hydroxyl groups excluding tert-OH is 1. The van der Waals surface area contributed by atoms with E-state index in [2.05, 4.69) is 5.32 Å². The van der Waals surface area contributed by atoms with Crippen molar-refractivity contribution in [3.63, 3.8) is 0 Å². The maximum Gasteiger partial charge on any atom is 0.251 e. The number of hydrogen-bond acceptors (Lipinski definition) is 2. The van der Waals surface area contributed by atoms with Gasteiger partial charge in [-0.2, -0.15) is 0 Å². The fraction of sp³-hybridized carbons (Fsp3) is 0.533. The summed E-state index contributed by atoms with van der Waals surface area (Å²) in [5, 5.41) is 11.9. The molecule has 0 radical (unpaired) electrons. The van der Waals surface area contributed by atoms with Crippen molar-refractivity contribution in [2.45, 2.75) is 33.1 Å². The fourth-order valence-electron chi connectivity index (χ4n) is 2.19. The van der Waals surface area contributed by atoms with E-state index in [9.17, 15) is 9.18 Å². The number of hydrogen-bond donors (Lipinski definition) is 2. The molecule has 0 atom stereocenters. The Hall–Kier alpha value is -1.13. The normalized spacial score (nSPS) is 11.4. The highest BCUT2D eigenvalue weighted by Gasteiger charge is 2.26. The molecule has 0 saturated heterocycles. The number of halogens is 2. The molecular formula is C15H21ClFNO2. The monoisotopic (exact) mass is 301 g/mol. The van der Waals surface area contributed by atoms with Gasteiger partial charge in [0.1, 0.15) is 5.82 Å². The highest BCUT2D eigenvalue weighted by Crippen LogP contribution is 2.29. The van der Waals surface area contributed by atoms with Crippen molar-refractivity contribution >= 4 is 17.5 Å². The molecule has 112 valence electrons. The van der Waals surface area contributed by atoms with Crippen LogP contribution in [0.15, 0.2) is 18.2 Å². The molecule has 0 saturated carbocycles. The topological polar surface area (TPSA) is 49.3 Å². The van der Waals surface area contributed by atoms with Crippen LogP contribution in [0.4, 0.5) is 4.39 Å². The lowest BCUT2D eigenvalue weighted by atomic mass is 9.79. The first-order valence-electron chi connectivity index (χ1n) is 6.82. The van der Waals surface area contributed by atoms with Gasteiger partial charge in [-0.3, -0.25) is 4.79 Å². The predicted molar refractivity (Wildman–Crippen MR) is 78.5 cm³/mol. The lowest BCUT2D eigenvalue weighted by Crippen LogP contribution is -2.37. The molecule has 0 aliphatic carbocycles. The third-order valence-electron chi connectivity index (χ3n) is 3.95. The summed E-state index contributed by atoms with van der Waals surface area (Å²) in [4.78, 5) is 12.0. The molecule has 0 fully saturated rings. The summed E-state index contributed by atoms with van der Waals surface area (Å²) < 4.78 is 13.3. The van der Waals surface area contributed by atoms with E-state index in [1.54, 1.807) is 0 Å². The van der Waals surface area contributed by atoms with Gasteiger partial charge in [0.2, 0.25) is 0 Å². The third kappa shape index (κ3) is 4.18. The Labute approximate surface area is 124 Å². The number of aliphatic hydroxyl groups is 1. The molecule has 0 aliphatic heterocycles. The second kappa shape index (κ2) is 7.60. The second-order valence-corrected chi connectivity index (χ2v) is 5.40. The molecule has 3 nitrogen and oxygen atoms in total. The van der Waals surface area contributed by atoms with Gasteiger partial charge in [0.25, 0.3) is 5.91 Å². The van der Waals surface area contributed by atoms with Crippen LogP contribution in [0.5, 0.6) is 0 Å². The molecule has 0 aliphatic rings. The second-order valence-electron chi connectivity index (χ2n) is 4.99. The van der Waals surface area contributed by atoms with Crippen LogP contribution in [0.3, 0.4) is 0 Å². The minimum absolute atomic E-state index is 0.00158. The maximum atomic E-state index is 13.3.